The van der Waals surface area contributed by atoms with E-state index in [-0.39, 0.29) is 17.3 Å². The van der Waals surface area contributed by atoms with Crippen molar-refractivity contribution in [2.24, 2.45) is 0 Å². The Morgan fingerprint density at radius 1 is 0.634 bits per heavy atom. The van der Waals surface area contributed by atoms with Crippen LogP contribution in [0.25, 0.3) is 0 Å². The molecule has 0 saturated carbocycles. The second kappa shape index (κ2) is 12.4. The number of benzene rings is 5. The van der Waals surface area contributed by atoms with Crippen molar-refractivity contribution in [2.75, 3.05) is 7.11 Å². The Bertz CT molecular complexity index is 1530. The second-order valence-corrected chi connectivity index (χ2v) is 13.3. The molecule has 0 fully saturated rings. The molecule has 208 valence electrons. The Morgan fingerprint density at radius 3 is 1.71 bits per heavy atom. The molecule has 0 bridgehead atoms. The first kappa shape index (κ1) is 28.1. The number of ether oxygens (including phenoxy) is 2. The SMILES string of the molecule is COc1ccc(C(c2ccccc2)c2ccc(OC(C)(C)C)cc2O[SiH](c2ccccc2)c2ccccc2)c(O)c1. The first-order valence-corrected chi connectivity index (χ1v) is 15.5. The third-order valence-electron chi connectivity index (χ3n) is 6.85. The van der Waals surface area contributed by atoms with Crippen molar-refractivity contribution >= 4 is 19.4 Å². The van der Waals surface area contributed by atoms with Crippen LogP contribution >= 0.6 is 0 Å². The van der Waals surface area contributed by atoms with E-state index in [1.165, 1.54) is 10.4 Å². The highest BCUT2D eigenvalue weighted by atomic mass is 28.3. The minimum atomic E-state index is -2.17. The van der Waals surface area contributed by atoms with Crippen LogP contribution in [0.1, 0.15) is 43.4 Å². The Morgan fingerprint density at radius 2 is 1.17 bits per heavy atom. The number of aromatic hydroxyl groups is 1. The van der Waals surface area contributed by atoms with Gasteiger partial charge < -0.3 is 19.0 Å². The molecule has 0 amide bonds. The number of phenolic OH excluding ortho intramolecular Hbond substituents is 1. The van der Waals surface area contributed by atoms with Gasteiger partial charge in [0.1, 0.15) is 28.6 Å². The predicted molar refractivity (Wildman–Crippen MR) is 169 cm³/mol. The van der Waals surface area contributed by atoms with Crippen LogP contribution in [-0.4, -0.2) is 26.9 Å². The van der Waals surface area contributed by atoms with Crippen LogP contribution in [0.5, 0.6) is 23.0 Å². The zero-order chi connectivity index (χ0) is 28.8. The van der Waals surface area contributed by atoms with Crippen molar-refractivity contribution in [3.63, 3.8) is 0 Å². The number of rotatable bonds is 9. The van der Waals surface area contributed by atoms with Gasteiger partial charge in [0, 0.05) is 29.2 Å². The van der Waals surface area contributed by atoms with Crippen molar-refractivity contribution < 1.29 is 19.0 Å². The fraction of sp³-hybridized carbons (Fsp3) is 0.167. The molecule has 5 aromatic carbocycles. The van der Waals surface area contributed by atoms with Crippen LogP contribution in [0.2, 0.25) is 0 Å². The standard InChI is InChI=1S/C36H36O4Si/c1-36(2,3)39-28-21-23-32(35(26-14-8-5-9-15-26)31-22-20-27(38-4)24-33(31)37)34(25-28)40-41(29-16-10-6-11-17-29)30-18-12-7-13-19-30/h5-25,35,37,41H,1-4H3. The summed E-state index contributed by atoms with van der Waals surface area (Å²) in [6, 6.07) is 42.6. The maximum absolute atomic E-state index is 11.2. The molecule has 5 heteroatoms. The average Bonchev–Trinajstić information content (AvgIpc) is 2.98. The summed E-state index contributed by atoms with van der Waals surface area (Å²) in [7, 11) is -0.573. The van der Waals surface area contributed by atoms with E-state index in [1.807, 2.05) is 75.4 Å². The zero-order valence-electron chi connectivity index (χ0n) is 24.0. The largest absolute Gasteiger partial charge is 0.537 e. The number of hydrogen-bond donors (Lipinski definition) is 1. The normalized spacial score (nSPS) is 12.1. The van der Waals surface area contributed by atoms with Crippen LogP contribution in [0.3, 0.4) is 0 Å². The summed E-state index contributed by atoms with van der Waals surface area (Å²) in [5.41, 5.74) is 2.38. The van der Waals surface area contributed by atoms with E-state index in [0.29, 0.717) is 5.75 Å². The van der Waals surface area contributed by atoms with Crippen molar-refractivity contribution in [3.05, 3.63) is 144 Å². The third kappa shape index (κ3) is 6.81. The summed E-state index contributed by atoms with van der Waals surface area (Å²) >= 11 is 0. The lowest BCUT2D eigenvalue weighted by atomic mass is 9.84. The summed E-state index contributed by atoms with van der Waals surface area (Å²) in [6.07, 6.45) is 0. The molecule has 1 N–H and O–H groups in total. The summed E-state index contributed by atoms with van der Waals surface area (Å²) in [6.45, 7) is 6.11. The zero-order valence-corrected chi connectivity index (χ0v) is 25.1. The summed E-state index contributed by atoms with van der Waals surface area (Å²) < 4.78 is 18.8. The van der Waals surface area contributed by atoms with Crippen LogP contribution < -0.4 is 24.3 Å². The van der Waals surface area contributed by atoms with E-state index >= 15 is 0 Å². The molecule has 0 aliphatic carbocycles. The van der Waals surface area contributed by atoms with Crippen LogP contribution in [0, 0.1) is 0 Å². The van der Waals surface area contributed by atoms with Gasteiger partial charge >= 0.3 is 0 Å². The molecule has 41 heavy (non-hydrogen) atoms. The van der Waals surface area contributed by atoms with Gasteiger partial charge in [-0.25, -0.2) is 0 Å². The van der Waals surface area contributed by atoms with Gasteiger partial charge in [0.05, 0.1) is 7.11 Å². The molecule has 0 saturated heterocycles. The molecule has 0 radical (unpaired) electrons. The molecular weight excluding hydrogens is 524 g/mol. The van der Waals surface area contributed by atoms with Gasteiger partial charge in [-0.3, -0.25) is 0 Å². The Kier molecular flexibility index (Phi) is 8.46. The monoisotopic (exact) mass is 560 g/mol. The lowest BCUT2D eigenvalue weighted by Gasteiger charge is -2.28. The fourth-order valence-electron chi connectivity index (χ4n) is 5.05. The molecule has 5 aromatic rings. The molecule has 4 nitrogen and oxygen atoms in total. The van der Waals surface area contributed by atoms with E-state index in [4.69, 9.17) is 13.9 Å². The molecular formula is C36H36O4Si. The van der Waals surface area contributed by atoms with Crippen molar-refractivity contribution in [2.45, 2.75) is 32.3 Å². The number of methoxy groups -OCH3 is 1. The van der Waals surface area contributed by atoms with Crippen LogP contribution in [0.15, 0.2) is 127 Å². The second-order valence-electron chi connectivity index (χ2n) is 11.0. The summed E-state index contributed by atoms with van der Waals surface area (Å²) in [5.74, 6) is 1.95. The van der Waals surface area contributed by atoms with Gasteiger partial charge in [-0.15, -0.1) is 0 Å². The van der Waals surface area contributed by atoms with E-state index in [1.54, 1.807) is 13.2 Å². The quantitative estimate of drug-likeness (QED) is 0.162. The first-order valence-electron chi connectivity index (χ1n) is 13.8. The maximum atomic E-state index is 11.2. The first-order chi connectivity index (χ1) is 19.8. The summed E-state index contributed by atoms with van der Waals surface area (Å²) in [5, 5.41) is 13.6. The van der Waals surface area contributed by atoms with E-state index in [2.05, 4.69) is 66.7 Å². The molecule has 5 rings (SSSR count). The van der Waals surface area contributed by atoms with Gasteiger partial charge in [0.2, 0.25) is 0 Å². The highest BCUT2D eigenvalue weighted by molar-refractivity contribution is 6.80. The van der Waals surface area contributed by atoms with E-state index < -0.39 is 9.04 Å². The van der Waals surface area contributed by atoms with Crippen LogP contribution in [-0.2, 0) is 0 Å². The molecule has 0 spiro atoms. The van der Waals surface area contributed by atoms with Crippen molar-refractivity contribution in [1.29, 1.82) is 0 Å². The minimum Gasteiger partial charge on any atom is -0.537 e. The smallest absolute Gasteiger partial charge is 0.299 e. The van der Waals surface area contributed by atoms with Gasteiger partial charge in [-0.1, -0.05) is 103 Å². The fourth-order valence-corrected chi connectivity index (χ4v) is 7.31. The molecule has 0 aliphatic rings. The Labute approximate surface area is 244 Å². The predicted octanol–water partition coefficient (Wildman–Crippen LogP) is 6.68. The lowest BCUT2D eigenvalue weighted by Crippen LogP contribution is -2.47. The van der Waals surface area contributed by atoms with E-state index in [9.17, 15) is 5.11 Å². The maximum Gasteiger partial charge on any atom is 0.299 e. The average molecular weight is 561 g/mol. The van der Waals surface area contributed by atoms with Gasteiger partial charge in [0.15, 0.2) is 0 Å². The highest BCUT2D eigenvalue weighted by Crippen LogP contribution is 2.43. The molecule has 1 atom stereocenters. The summed E-state index contributed by atoms with van der Waals surface area (Å²) in [4.78, 5) is 0. The topological polar surface area (TPSA) is 47.9 Å². The lowest BCUT2D eigenvalue weighted by molar-refractivity contribution is 0.130. The van der Waals surface area contributed by atoms with Gasteiger partial charge in [0.25, 0.3) is 9.04 Å². The van der Waals surface area contributed by atoms with Crippen molar-refractivity contribution in [1.82, 2.24) is 0 Å². The molecule has 0 aliphatic heterocycles. The Balaban J connectivity index is 1.71. The molecule has 0 heterocycles. The minimum absolute atomic E-state index is 0.166. The molecule has 1 unspecified atom stereocenters. The number of phenols is 1. The third-order valence-corrected chi connectivity index (χ3v) is 9.32. The van der Waals surface area contributed by atoms with Gasteiger partial charge in [-0.05, 0) is 48.8 Å². The van der Waals surface area contributed by atoms with E-state index in [0.717, 1.165) is 28.2 Å². The highest BCUT2D eigenvalue weighted by Gasteiger charge is 2.28. The van der Waals surface area contributed by atoms with Crippen LogP contribution in [0.4, 0.5) is 0 Å². The van der Waals surface area contributed by atoms with Gasteiger partial charge in [-0.2, -0.15) is 0 Å². The van der Waals surface area contributed by atoms with Crippen molar-refractivity contribution in [3.8, 4) is 23.0 Å². The molecule has 0 aromatic heterocycles. The Hall–Kier alpha value is -4.48. The number of hydrogen-bond acceptors (Lipinski definition) is 4.